The van der Waals surface area contributed by atoms with Gasteiger partial charge in [-0.25, -0.2) is 0 Å². The number of hydrogen-bond donors (Lipinski definition) is 1. The number of allylic oxidation sites excluding steroid dienone is 3. The lowest BCUT2D eigenvalue weighted by atomic mass is 9.53. The Morgan fingerprint density at radius 1 is 1.06 bits per heavy atom. The summed E-state index contributed by atoms with van der Waals surface area (Å²) in [5.41, 5.74) is 2.12. The van der Waals surface area contributed by atoms with Crippen LogP contribution in [0.1, 0.15) is 44.9 Å². The molecule has 2 heteroatoms. The summed E-state index contributed by atoms with van der Waals surface area (Å²) in [5, 5.41) is 3.98. The first kappa shape index (κ1) is 12.0. The standard InChI is InChI=1S/C16H22IN/c17-15-2-1-11(6-15)10-18-16-7-12-3-13(8-16)5-14(4-12)9-16/h1-2,12-14,18H,3-10H2. The topological polar surface area (TPSA) is 12.0 Å². The second-order valence-corrected chi connectivity index (χ2v) is 8.55. The lowest BCUT2D eigenvalue weighted by Gasteiger charge is -2.57. The van der Waals surface area contributed by atoms with Gasteiger partial charge in [0.1, 0.15) is 0 Å². The van der Waals surface area contributed by atoms with Gasteiger partial charge in [-0.15, -0.1) is 0 Å². The van der Waals surface area contributed by atoms with Crippen molar-refractivity contribution in [3.8, 4) is 0 Å². The van der Waals surface area contributed by atoms with Gasteiger partial charge < -0.3 is 5.32 Å². The van der Waals surface area contributed by atoms with E-state index < -0.39 is 0 Å². The van der Waals surface area contributed by atoms with E-state index in [-0.39, 0.29) is 0 Å². The summed E-state index contributed by atoms with van der Waals surface area (Å²) >= 11 is 2.46. The molecular formula is C16H22IN. The fourth-order valence-electron chi connectivity index (χ4n) is 5.29. The third-order valence-electron chi connectivity index (χ3n) is 5.62. The van der Waals surface area contributed by atoms with Crippen LogP contribution in [-0.2, 0) is 0 Å². The molecule has 4 saturated carbocycles. The second kappa shape index (κ2) is 4.34. The summed E-state index contributed by atoms with van der Waals surface area (Å²) in [7, 11) is 0. The van der Waals surface area contributed by atoms with E-state index in [1.807, 2.05) is 0 Å². The molecule has 0 aromatic heterocycles. The molecule has 0 heterocycles. The predicted molar refractivity (Wildman–Crippen MR) is 83.7 cm³/mol. The third kappa shape index (κ3) is 2.09. The summed E-state index contributed by atoms with van der Waals surface area (Å²) in [5.74, 6) is 3.17. The molecule has 4 bridgehead atoms. The van der Waals surface area contributed by atoms with Gasteiger partial charge >= 0.3 is 0 Å². The maximum Gasteiger partial charge on any atom is 0.0192 e. The zero-order valence-corrected chi connectivity index (χ0v) is 13.1. The molecule has 98 valence electrons. The molecule has 0 aromatic rings. The highest BCUT2D eigenvalue weighted by Crippen LogP contribution is 2.55. The lowest BCUT2D eigenvalue weighted by Crippen LogP contribution is -2.58. The minimum absolute atomic E-state index is 0.531. The molecule has 0 aromatic carbocycles. The van der Waals surface area contributed by atoms with Crippen LogP contribution in [-0.4, -0.2) is 12.1 Å². The summed E-state index contributed by atoms with van der Waals surface area (Å²) in [6.07, 6.45) is 14.8. The first-order valence-corrected chi connectivity index (χ1v) is 8.58. The zero-order valence-electron chi connectivity index (χ0n) is 10.9. The molecule has 18 heavy (non-hydrogen) atoms. The molecule has 0 atom stereocenters. The fraction of sp³-hybridized carbons (Fsp3) is 0.750. The van der Waals surface area contributed by atoms with Crippen molar-refractivity contribution in [2.75, 3.05) is 6.54 Å². The highest BCUT2D eigenvalue weighted by molar-refractivity contribution is 14.1. The van der Waals surface area contributed by atoms with E-state index in [0.717, 1.165) is 24.3 Å². The number of nitrogens with one attached hydrogen (secondary N) is 1. The molecule has 0 unspecified atom stereocenters. The Bertz CT molecular complexity index is 386. The molecule has 1 nitrogen and oxygen atoms in total. The Morgan fingerprint density at radius 3 is 2.17 bits per heavy atom. The Balaban J connectivity index is 1.42. The number of hydrogen-bond acceptors (Lipinski definition) is 1. The molecular weight excluding hydrogens is 333 g/mol. The molecule has 5 aliphatic carbocycles. The average molecular weight is 355 g/mol. The number of halogens is 1. The van der Waals surface area contributed by atoms with Gasteiger partial charge in [0, 0.05) is 18.5 Å². The van der Waals surface area contributed by atoms with Crippen molar-refractivity contribution in [1.82, 2.24) is 5.32 Å². The lowest BCUT2D eigenvalue weighted by molar-refractivity contribution is -0.0182. The Hall–Kier alpha value is 0.170. The molecule has 1 N–H and O–H groups in total. The Labute approximate surface area is 124 Å². The molecule has 0 saturated heterocycles. The smallest absolute Gasteiger partial charge is 0.0192 e. The largest absolute Gasteiger partial charge is 0.307 e. The van der Waals surface area contributed by atoms with Gasteiger partial charge in [0.2, 0.25) is 0 Å². The van der Waals surface area contributed by atoms with E-state index in [2.05, 4.69) is 40.1 Å². The Morgan fingerprint density at radius 2 is 1.67 bits per heavy atom. The van der Waals surface area contributed by atoms with E-state index in [0.29, 0.717) is 5.54 Å². The van der Waals surface area contributed by atoms with E-state index in [1.165, 1.54) is 29.3 Å². The van der Waals surface area contributed by atoms with Crippen molar-refractivity contribution in [2.45, 2.75) is 50.5 Å². The first-order chi connectivity index (χ1) is 8.71. The fourth-order valence-corrected chi connectivity index (χ4v) is 5.96. The van der Waals surface area contributed by atoms with Gasteiger partial charge in [-0.05, 0) is 82.4 Å². The molecule has 5 aliphatic rings. The zero-order chi connectivity index (χ0) is 12.2. The molecule has 5 rings (SSSR count). The normalized spacial score (nSPS) is 45.3. The second-order valence-electron chi connectivity index (χ2n) is 7.17. The van der Waals surface area contributed by atoms with Crippen molar-refractivity contribution >= 4 is 22.6 Å². The van der Waals surface area contributed by atoms with Crippen molar-refractivity contribution in [3.63, 3.8) is 0 Å². The van der Waals surface area contributed by atoms with Crippen LogP contribution in [0.5, 0.6) is 0 Å². The van der Waals surface area contributed by atoms with Gasteiger partial charge in [0.25, 0.3) is 0 Å². The molecule has 0 aliphatic heterocycles. The van der Waals surface area contributed by atoms with Crippen LogP contribution < -0.4 is 5.32 Å². The highest BCUT2D eigenvalue weighted by Gasteiger charge is 2.50. The van der Waals surface area contributed by atoms with Crippen LogP contribution in [0.15, 0.2) is 21.3 Å². The van der Waals surface area contributed by atoms with E-state index >= 15 is 0 Å². The minimum Gasteiger partial charge on any atom is -0.307 e. The van der Waals surface area contributed by atoms with Crippen molar-refractivity contribution in [2.24, 2.45) is 17.8 Å². The summed E-state index contributed by atoms with van der Waals surface area (Å²) < 4.78 is 1.50. The SMILES string of the molecule is IC1=CC=C(CNC23CC4CC(CC(C4)C2)C3)C1. The number of rotatable bonds is 3. The first-order valence-electron chi connectivity index (χ1n) is 7.50. The van der Waals surface area contributed by atoms with Crippen molar-refractivity contribution in [1.29, 1.82) is 0 Å². The van der Waals surface area contributed by atoms with E-state index in [4.69, 9.17) is 0 Å². The molecule has 0 radical (unpaired) electrons. The van der Waals surface area contributed by atoms with Gasteiger partial charge in [0.15, 0.2) is 0 Å². The van der Waals surface area contributed by atoms with Crippen LogP contribution in [0.4, 0.5) is 0 Å². The maximum absolute atomic E-state index is 3.98. The summed E-state index contributed by atoms with van der Waals surface area (Å²) in [4.78, 5) is 0. The van der Waals surface area contributed by atoms with Crippen molar-refractivity contribution < 1.29 is 0 Å². The highest BCUT2D eigenvalue weighted by atomic mass is 127. The quantitative estimate of drug-likeness (QED) is 0.749. The van der Waals surface area contributed by atoms with Gasteiger partial charge in [-0.1, -0.05) is 17.7 Å². The van der Waals surface area contributed by atoms with Gasteiger partial charge in [-0.3, -0.25) is 0 Å². The molecule has 0 amide bonds. The molecule has 0 spiro atoms. The monoisotopic (exact) mass is 355 g/mol. The Kier molecular flexibility index (Phi) is 2.88. The van der Waals surface area contributed by atoms with Crippen LogP contribution in [0.2, 0.25) is 0 Å². The van der Waals surface area contributed by atoms with E-state index in [1.54, 1.807) is 24.8 Å². The van der Waals surface area contributed by atoms with Crippen LogP contribution >= 0.6 is 22.6 Å². The summed E-state index contributed by atoms with van der Waals surface area (Å²) in [6.45, 7) is 1.13. The van der Waals surface area contributed by atoms with Crippen molar-refractivity contribution in [3.05, 3.63) is 21.3 Å². The predicted octanol–water partition coefficient (Wildman–Crippen LogP) is 4.19. The molecule has 4 fully saturated rings. The minimum atomic E-state index is 0.531. The third-order valence-corrected chi connectivity index (χ3v) is 6.37. The van der Waals surface area contributed by atoms with Gasteiger partial charge in [-0.2, -0.15) is 0 Å². The van der Waals surface area contributed by atoms with Crippen LogP contribution in [0.3, 0.4) is 0 Å². The maximum atomic E-state index is 3.98. The van der Waals surface area contributed by atoms with E-state index in [9.17, 15) is 0 Å². The average Bonchev–Trinajstić information content (AvgIpc) is 2.71. The van der Waals surface area contributed by atoms with Gasteiger partial charge in [0.05, 0.1) is 0 Å². The summed E-state index contributed by atoms with van der Waals surface area (Å²) in [6, 6.07) is 0. The van der Waals surface area contributed by atoms with Crippen LogP contribution in [0.25, 0.3) is 0 Å². The van der Waals surface area contributed by atoms with Crippen LogP contribution in [0, 0.1) is 17.8 Å².